The number of nitrogens with two attached hydrogens (primary N) is 1. The summed E-state index contributed by atoms with van der Waals surface area (Å²) in [5.74, 6) is 0.512. The topological polar surface area (TPSA) is 56.7 Å². The summed E-state index contributed by atoms with van der Waals surface area (Å²) in [6.45, 7) is 9.67. The highest BCUT2D eigenvalue weighted by molar-refractivity contribution is 6.09. The van der Waals surface area contributed by atoms with Crippen LogP contribution >= 0.6 is 0 Å². The number of anilines is 1. The molecule has 2 aromatic heterocycles. The van der Waals surface area contributed by atoms with Gasteiger partial charge in [0, 0.05) is 23.5 Å². The van der Waals surface area contributed by atoms with Crippen molar-refractivity contribution >= 4 is 27.6 Å². The highest BCUT2D eigenvalue weighted by Crippen LogP contribution is 2.32. The van der Waals surface area contributed by atoms with E-state index in [1.165, 1.54) is 10.9 Å². The molecule has 0 saturated heterocycles. The zero-order valence-electron chi connectivity index (χ0n) is 13.1. The van der Waals surface area contributed by atoms with Crippen LogP contribution in [0.3, 0.4) is 0 Å². The number of nitrogen functional groups attached to an aromatic ring is 1. The smallest absolute Gasteiger partial charge is 0.152 e. The Morgan fingerprint density at radius 3 is 2.67 bits per heavy atom. The molecule has 3 aromatic rings. The number of fused-ring (bicyclic) bond motifs is 3. The molecule has 4 heteroatoms. The maximum Gasteiger partial charge on any atom is 0.152 e. The lowest BCUT2D eigenvalue weighted by atomic mass is 9.86. The number of rotatable bonds is 2. The molecule has 0 radical (unpaired) electrons. The summed E-state index contributed by atoms with van der Waals surface area (Å²) in [6, 6.07) is 6.28. The molecular formula is C17H22N4. The van der Waals surface area contributed by atoms with Gasteiger partial charge in [-0.15, -0.1) is 0 Å². The summed E-state index contributed by atoms with van der Waals surface area (Å²) in [7, 11) is 0. The van der Waals surface area contributed by atoms with Gasteiger partial charge in [-0.1, -0.05) is 32.9 Å². The Morgan fingerprint density at radius 1 is 1.24 bits per heavy atom. The summed E-state index contributed by atoms with van der Waals surface area (Å²) in [4.78, 5) is 4.54. The molecule has 0 aliphatic carbocycles. The molecular weight excluding hydrogens is 260 g/mol. The van der Waals surface area contributed by atoms with Crippen LogP contribution in [0.1, 0.15) is 33.3 Å². The Hall–Kier alpha value is -2.10. The second-order valence-electron chi connectivity index (χ2n) is 6.79. The van der Waals surface area contributed by atoms with Crippen LogP contribution in [0.15, 0.2) is 24.4 Å². The summed E-state index contributed by atoms with van der Waals surface area (Å²) in [5, 5.41) is 6.85. The predicted octanol–water partition coefficient (Wildman–Crippen LogP) is 3.78. The lowest BCUT2D eigenvalue weighted by Gasteiger charge is -2.19. The van der Waals surface area contributed by atoms with E-state index in [-0.39, 0.29) is 5.41 Å². The average molecular weight is 282 g/mol. The van der Waals surface area contributed by atoms with Crippen molar-refractivity contribution in [2.45, 2.75) is 40.7 Å². The van der Waals surface area contributed by atoms with Crippen molar-refractivity contribution < 1.29 is 0 Å². The highest BCUT2D eigenvalue weighted by atomic mass is 15.3. The second-order valence-corrected chi connectivity index (χ2v) is 6.79. The number of hydrogen-bond donors (Lipinski definition) is 1. The first-order valence-corrected chi connectivity index (χ1v) is 7.43. The third kappa shape index (κ3) is 2.46. The minimum absolute atomic E-state index is 0.225. The van der Waals surface area contributed by atoms with E-state index in [0.717, 1.165) is 29.4 Å². The van der Waals surface area contributed by atoms with Crippen LogP contribution < -0.4 is 5.73 Å². The van der Waals surface area contributed by atoms with Crippen molar-refractivity contribution in [1.29, 1.82) is 0 Å². The molecule has 0 aliphatic rings. The van der Waals surface area contributed by atoms with E-state index in [4.69, 9.17) is 5.73 Å². The molecule has 0 saturated carbocycles. The van der Waals surface area contributed by atoms with Crippen molar-refractivity contribution in [3.63, 3.8) is 0 Å². The van der Waals surface area contributed by atoms with Gasteiger partial charge in [0.1, 0.15) is 5.52 Å². The zero-order chi connectivity index (χ0) is 15.2. The van der Waals surface area contributed by atoms with E-state index in [9.17, 15) is 0 Å². The molecule has 0 spiro atoms. The van der Waals surface area contributed by atoms with E-state index in [0.29, 0.717) is 5.82 Å². The molecule has 1 aromatic carbocycles. The van der Waals surface area contributed by atoms with Crippen LogP contribution in [0, 0.1) is 5.41 Å². The molecule has 3 rings (SSSR count). The van der Waals surface area contributed by atoms with Gasteiger partial charge in [0.25, 0.3) is 0 Å². The van der Waals surface area contributed by atoms with Gasteiger partial charge < -0.3 is 5.73 Å². The van der Waals surface area contributed by atoms with Gasteiger partial charge in [-0.3, -0.25) is 4.68 Å². The van der Waals surface area contributed by atoms with Crippen molar-refractivity contribution in [2.24, 2.45) is 5.41 Å². The molecule has 2 heterocycles. The van der Waals surface area contributed by atoms with Gasteiger partial charge in [0.05, 0.1) is 5.52 Å². The minimum atomic E-state index is 0.225. The predicted molar refractivity (Wildman–Crippen MR) is 88.3 cm³/mol. The van der Waals surface area contributed by atoms with Gasteiger partial charge in [0.2, 0.25) is 0 Å². The molecule has 0 bridgehead atoms. The fraction of sp³-hybridized carbons (Fsp3) is 0.412. The Kier molecular flexibility index (Phi) is 3.12. The van der Waals surface area contributed by atoms with Gasteiger partial charge in [-0.2, -0.15) is 5.10 Å². The number of nitrogens with zero attached hydrogens (tertiary/aromatic N) is 3. The fourth-order valence-electron chi connectivity index (χ4n) is 2.85. The molecule has 0 aliphatic heterocycles. The van der Waals surface area contributed by atoms with E-state index < -0.39 is 0 Å². The number of hydrogen-bond acceptors (Lipinski definition) is 3. The van der Waals surface area contributed by atoms with Crippen LogP contribution in [0.5, 0.6) is 0 Å². The molecule has 110 valence electrons. The minimum Gasteiger partial charge on any atom is -0.382 e. The first-order chi connectivity index (χ1) is 9.89. The molecule has 4 nitrogen and oxygen atoms in total. The zero-order valence-corrected chi connectivity index (χ0v) is 13.1. The molecule has 21 heavy (non-hydrogen) atoms. The van der Waals surface area contributed by atoms with Crippen LogP contribution in [0.2, 0.25) is 0 Å². The van der Waals surface area contributed by atoms with E-state index in [1.54, 1.807) is 0 Å². The second kappa shape index (κ2) is 4.72. The van der Waals surface area contributed by atoms with Gasteiger partial charge in [-0.25, -0.2) is 4.98 Å². The van der Waals surface area contributed by atoms with E-state index >= 15 is 0 Å². The quantitative estimate of drug-likeness (QED) is 0.778. The highest BCUT2D eigenvalue weighted by Gasteiger charge is 2.17. The van der Waals surface area contributed by atoms with Gasteiger partial charge in [0.15, 0.2) is 5.82 Å². The van der Waals surface area contributed by atoms with Gasteiger partial charge >= 0.3 is 0 Å². The van der Waals surface area contributed by atoms with E-state index in [2.05, 4.69) is 56.1 Å². The SMILES string of the molecule is CCn1cc2c(n1)c(N)nc1cccc(CC(C)(C)C)c12. The third-order valence-corrected chi connectivity index (χ3v) is 3.69. The summed E-state index contributed by atoms with van der Waals surface area (Å²) < 4.78 is 1.93. The monoisotopic (exact) mass is 282 g/mol. The molecule has 2 N–H and O–H groups in total. The third-order valence-electron chi connectivity index (χ3n) is 3.69. The maximum atomic E-state index is 6.08. The first kappa shape index (κ1) is 13.9. The van der Waals surface area contributed by atoms with Crippen LogP contribution in [-0.4, -0.2) is 14.8 Å². The van der Waals surface area contributed by atoms with Crippen LogP contribution in [-0.2, 0) is 13.0 Å². The average Bonchev–Trinajstić information content (AvgIpc) is 2.81. The van der Waals surface area contributed by atoms with Crippen molar-refractivity contribution in [2.75, 3.05) is 5.73 Å². The van der Waals surface area contributed by atoms with Gasteiger partial charge in [-0.05, 0) is 30.4 Å². The van der Waals surface area contributed by atoms with Crippen molar-refractivity contribution in [3.05, 3.63) is 30.0 Å². The lowest BCUT2D eigenvalue weighted by Crippen LogP contribution is -2.09. The number of pyridine rings is 1. The number of aryl methyl sites for hydroxylation is 1. The largest absolute Gasteiger partial charge is 0.382 e. The number of aromatic nitrogens is 3. The summed E-state index contributed by atoms with van der Waals surface area (Å²) in [6.07, 6.45) is 3.09. The van der Waals surface area contributed by atoms with E-state index in [1.807, 2.05) is 10.7 Å². The fourth-order valence-corrected chi connectivity index (χ4v) is 2.85. The maximum absolute atomic E-state index is 6.08. The molecule has 0 atom stereocenters. The Bertz CT molecular complexity index is 809. The Morgan fingerprint density at radius 2 is 2.00 bits per heavy atom. The number of benzene rings is 1. The summed E-state index contributed by atoms with van der Waals surface area (Å²) in [5.41, 5.74) is 9.39. The Balaban J connectivity index is 2.37. The normalized spacial score (nSPS) is 12.4. The molecule has 0 unspecified atom stereocenters. The molecule has 0 fully saturated rings. The van der Waals surface area contributed by atoms with Crippen LogP contribution in [0.25, 0.3) is 21.8 Å². The molecule has 0 amide bonds. The Labute approximate surface area is 125 Å². The first-order valence-electron chi connectivity index (χ1n) is 7.43. The van der Waals surface area contributed by atoms with Crippen molar-refractivity contribution in [3.8, 4) is 0 Å². The standard InChI is InChI=1S/C17H22N4/c1-5-21-10-12-14-11(9-17(2,3)4)7-6-8-13(14)19-16(18)15(12)20-21/h6-8,10H,5,9H2,1-4H3,(H2,18,19). The summed E-state index contributed by atoms with van der Waals surface area (Å²) >= 11 is 0. The van der Waals surface area contributed by atoms with Crippen LogP contribution in [0.4, 0.5) is 5.82 Å². The lowest BCUT2D eigenvalue weighted by molar-refractivity contribution is 0.413. The van der Waals surface area contributed by atoms with Crippen molar-refractivity contribution in [1.82, 2.24) is 14.8 Å².